The number of nitrogens with zero attached hydrogens (tertiary/aromatic N) is 4. The lowest BCUT2D eigenvalue weighted by Gasteiger charge is -2.27. The number of carbonyl (C=O) groups excluding carboxylic acids is 1. The Morgan fingerprint density at radius 2 is 2.38 bits per heavy atom. The van der Waals surface area contributed by atoms with Crippen LogP contribution < -0.4 is 0 Å². The number of hydrogen-bond acceptors (Lipinski definition) is 6. The average molecular weight is 312 g/mol. The molecule has 1 fully saturated rings. The zero-order valence-corrected chi connectivity index (χ0v) is 13.9. The van der Waals surface area contributed by atoms with Crippen LogP contribution >= 0.6 is 11.8 Å². The molecule has 1 aliphatic heterocycles. The molecule has 2 heterocycles. The Morgan fingerprint density at radius 3 is 3.00 bits per heavy atom. The van der Waals surface area contributed by atoms with Crippen molar-refractivity contribution in [3.63, 3.8) is 0 Å². The van der Waals surface area contributed by atoms with Crippen molar-refractivity contribution in [1.82, 2.24) is 19.9 Å². The van der Waals surface area contributed by atoms with E-state index in [1.54, 1.807) is 13.8 Å². The maximum Gasteiger partial charge on any atom is 0.223 e. The van der Waals surface area contributed by atoms with Gasteiger partial charge >= 0.3 is 0 Å². The predicted molar refractivity (Wildman–Crippen MR) is 83.1 cm³/mol. The molecule has 2 rings (SSSR count). The number of likely N-dealkylation sites (tertiary alicyclic amines) is 1. The Balaban J connectivity index is 1.89. The van der Waals surface area contributed by atoms with E-state index < -0.39 is 0 Å². The second-order valence-corrected chi connectivity index (χ2v) is 6.45. The highest BCUT2D eigenvalue weighted by atomic mass is 32.2. The first-order chi connectivity index (χ1) is 10.1. The standard InChI is InChI=1S/C14H24N4O2S/c1-11-15-14(16-20-11)10-18(12(2)19)13-5-7-17(9-13)6-4-8-21-3/h13H,4-10H2,1-3H3/t13-/m1/s1. The van der Waals surface area contributed by atoms with E-state index in [1.807, 2.05) is 16.7 Å². The Kier molecular flexibility index (Phi) is 6.05. The van der Waals surface area contributed by atoms with E-state index in [4.69, 9.17) is 4.52 Å². The molecule has 7 heteroatoms. The van der Waals surface area contributed by atoms with Gasteiger partial charge in [0, 0.05) is 33.0 Å². The van der Waals surface area contributed by atoms with Crippen LogP contribution in [-0.2, 0) is 11.3 Å². The van der Waals surface area contributed by atoms with Crippen molar-refractivity contribution in [2.45, 2.75) is 39.3 Å². The van der Waals surface area contributed by atoms with Crippen LogP contribution in [0.25, 0.3) is 0 Å². The zero-order chi connectivity index (χ0) is 15.2. The van der Waals surface area contributed by atoms with Gasteiger partial charge in [-0.15, -0.1) is 0 Å². The molecule has 0 N–H and O–H groups in total. The molecule has 0 aliphatic carbocycles. The monoisotopic (exact) mass is 312 g/mol. The van der Waals surface area contributed by atoms with Crippen molar-refractivity contribution in [2.75, 3.05) is 31.6 Å². The zero-order valence-electron chi connectivity index (χ0n) is 13.0. The minimum Gasteiger partial charge on any atom is -0.340 e. The SMILES string of the molecule is CSCCCN1CC[C@@H](N(Cc2noc(C)n2)C(C)=O)C1. The molecular formula is C14H24N4O2S. The summed E-state index contributed by atoms with van der Waals surface area (Å²) < 4.78 is 4.98. The molecule has 0 saturated carbocycles. The fraction of sp³-hybridized carbons (Fsp3) is 0.786. The van der Waals surface area contributed by atoms with Gasteiger partial charge in [-0.25, -0.2) is 0 Å². The van der Waals surface area contributed by atoms with Crippen LogP contribution in [-0.4, -0.2) is 63.5 Å². The first-order valence-electron chi connectivity index (χ1n) is 7.38. The molecule has 21 heavy (non-hydrogen) atoms. The molecule has 1 aliphatic rings. The van der Waals surface area contributed by atoms with Crippen molar-refractivity contribution >= 4 is 17.7 Å². The summed E-state index contributed by atoms with van der Waals surface area (Å²) in [5.74, 6) is 2.40. The number of aromatic nitrogens is 2. The Bertz CT molecular complexity index is 466. The normalized spacial score (nSPS) is 19.1. The molecule has 0 radical (unpaired) electrons. The van der Waals surface area contributed by atoms with Crippen molar-refractivity contribution in [1.29, 1.82) is 0 Å². The molecule has 6 nitrogen and oxygen atoms in total. The Morgan fingerprint density at radius 1 is 1.57 bits per heavy atom. The molecule has 1 aromatic heterocycles. The first kappa shape index (κ1) is 16.3. The van der Waals surface area contributed by atoms with E-state index in [2.05, 4.69) is 21.3 Å². The lowest BCUT2D eigenvalue weighted by atomic mass is 10.2. The third kappa shape index (κ3) is 4.71. The maximum absolute atomic E-state index is 11.9. The third-order valence-corrected chi connectivity index (χ3v) is 4.49. The quantitative estimate of drug-likeness (QED) is 0.712. The van der Waals surface area contributed by atoms with Gasteiger partial charge in [0.25, 0.3) is 0 Å². The van der Waals surface area contributed by atoms with E-state index in [1.165, 1.54) is 12.2 Å². The number of amides is 1. The predicted octanol–water partition coefficient (Wildman–Crippen LogP) is 1.55. The first-order valence-corrected chi connectivity index (χ1v) is 8.77. The molecular weight excluding hydrogens is 288 g/mol. The van der Waals surface area contributed by atoms with Gasteiger partial charge in [0.1, 0.15) is 0 Å². The molecule has 0 bridgehead atoms. The van der Waals surface area contributed by atoms with Gasteiger partial charge in [-0.05, 0) is 31.4 Å². The average Bonchev–Trinajstić information content (AvgIpc) is 3.05. The molecule has 0 unspecified atom stereocenters. The van der Waals surface area contributed by atoms with Crippen molar-refractivity contribution < 1.29 is 9.32 Å². The van der Waals surface area contributed by atoms with Gasteiger partial charge in [-0.1, -0.05) is 5.16 Å². The van der Waals surface area contributed by atoms with Gasteiger partial charge in [0.15, 0.2) is 5.82 Å². The summed E-state index contributed by atoms with van der Waals surface area (Å²) in [6, 6.07) is 0.260. The molecule has 0 aromatic carbocycles. The molecule has 0 spiro atoms. The molecule has 1 saturated heterocycles. The van der Waals surface area contributed by atoms with Gasteiger partial charge in [0.2, 0.25) is 11.8 Å². The van der Waals surface area contributed by atoms with E-state index in [-0.39, 0.29) is 11.9 Å². The summed E-state index contributed by atoms with van der Waals surface area (Å²) in [6.45, 7) is 6.94. The van der Waals surface area contributed by atoms with Gasteiger partial charge < -0.3 is 14.3 Å². The lowest BCUT2D eigenvalue weighted by Crippen LogP contribution is -2.40. The van der Waals surface area contributed by atoms with E-state index in [0.29, 0.717) is 18.3 Å². The van der Waals surface area contributed by atoms with Gasteiger partial charge in [-0.3, -0.25) is 4.79 Å². The second kappa shape index (κ2) is 7.79. The minimum atomic E-state index is 0.0772. The van der Waals surface area contributed by atoms with Crippen LogP contribution in [0.5, 0.6) is 0 Å². The van der Waals surface area contributed by atoms with Crippen LogP contribution in [0.4, 0.5) is 0 Å². The highest BCUT2D eigenvalue weighted by molar-refractivity contribution is 7.98. The van der Waals surface area contributed by atoms with Crippen LogP contribution in [0.1, 0.15) is 31.5 Å². The highest BCUT2D eigenvalue weighted by Crippen LogP contribution is 2.18. The maximum atomic E-state index is 11.9. The van der Waals surface area contributed by atoms with Crippen molar-refractivity contribution in [2.24, 2.45) is 0 Å². The van der Waals surface area contributed by atoms with Gasteiger partial charge in [0.05, 0.1) is 6.54 Å². The molecule has 1 aromatic rings. The molecule has 1 atom stereocenters. The Hall–Kier alpha value is -1.08. The van der Waals surface area contributed by atoms with Crippen molar-refractivity contribution in [3.8, 4) is 0 Å². The van der Waals surface area contributed by atoms with E-state index >= 15 is 0 Å². The van der Waals surface area contributed by atoms with Crippen LogP contribution in [0, 0.1) is 6.92 Å². The summed E-state index contributed by atoms with van der Waals surface area (Å²) in [6.07, 6.45) is 4.37. The number of rotatable bonds is 7. The van der Waals surface area contributed by atoms with E-state index in [9.17, 15) is 4.79 Å². The molecule has 118 valence electrons. The fourth-order valence-electron chi connectivity index (χ4n) is 2.76. The van der Waals surface area contributed by atoms with E-state index in [0.717, 1.165) is 26.1 Å². The fourth-order valence-corrected chi connectivity index (χ4v) is 3.18. The van der Waals surface area contributed by atoms with Crippen LogP contribution in [0.2, 0.25) is 0 Å². The number of aryl methyl sites for hydroxylation is 1. The number of hydrogen-bond donors (Lipinski definition) is 0. The largest absolute Gasteiger partial charge is 0.340 e. The number of carbonyl (C=O) groups is 1. The second-order valence-electron chi connectivity index (χ2n) is 5.47. The topological polar surface area (TPSA) is 62.5 Å². The van der Waals surface area contributed by atoms with Crippen LogP contribution in [0.15, 0.2) is 4.52 Å². The summed E-state index contributed by atoms with van der Waals surface area (Å²) in [5, 5.41) is 3.89. The molecule has 1 amide bonds. The summed E-state index contributed by atoms with van der Waals surface area (Å²) in [5.41, 5.74) is 0. The van der Waals surface area contributed by atoms with Crippen molar-refractivity contribution in [3.05, 3.63) is 11.7 Å². The number of thioether (sulfide) groups is 1. The van der Waals surface area contributed by atoms with Gasteiger partial charge in [-0.2, -0.15) is 16.7 Å². The smallest absolute Gasteiger partial charge is 0.223 e. The third-order valence-electron chi connectivity index (χ3n) is 3.80. The minimum absolute atomic E-state index is 0.0772. The lowest BCUT2D eigenvalue weighted by molar-refractivity contribution is -0.131. The summed E-state index contributed by atoms with van der Waals surface area (Å²) >= 11 is 1.88. The summed E-state index contributed by atoms with van der Waals surface area (Å²) in [4.78, 5) is 20.4. The summed E-state index contributed by atoms with van der Waals surface area (Å²) in [7, 11) is 0. The highest BCUT2D eigenvalue weighted by Gasteiger charge is 2.29. The van der Waals surface area contributed by atoms with Crippen LogP contribution in [0.3, 0.4) is 0 Å². The Labute approximate surface area is 130 Å².